The Kier molecular flexibility index (Phi) is 5.02. The molecule has 25 heavy (non-hydrogen) atoms. The minimum Gasteiger partial charge on any atom is -0.481 e. The predicted molar refractivity (Wildman–Crippen MR) is 93.9 cm³/mol. The normalized spacial score (nSPS) is 14.6. The first-order valence-corrected chi connectivity index (χ1v) is 8.14. The maximum Gasteiger partial charge on any atom is 0.242 e. The van der Waals surface area contributed by atoms with Crippen LogP contribution in [0, 0.1) is 6.92 Å². The molecule has 1 fully saturated rings. The van der Waals surface area contributed by atoms with Gasteiger partial charge in [-0.1, -0.05) is 29.8 Å². The van der Waals surface area contributed by atoms with Crippen molar-refractivity contribution < 1.29 is 14.3 Å². The Morgan fingerprint density at radius 3 is 2.40 bits per heavy atom. The van der Waals surface area contributed by atoms with E-state index < -0.39 is 0 Å². The molecule has 0 N–H and O–H groups in total. The van der Waals surface area contributed by atoms with Crippen LogP contribution in [0.15, 0.2) is 30.3 Å². The van der Waals surface area contributed by atoms with Crippen LogP contribution in [0.1, 0.15) is 11.1 Å². The van der Waals surface area contributed by atoms with Crippen molar-refractivity contribution in [3.63, 3.8) is 0 Å². The third kappa shape index (κ3) is 3.99. The first-order chi connectivity index (χ1) is 12.1. The predicted octanol–water partition coefficient (Wildman–Crippen LogP) is 1.65. The zero-order valence-corrected chi connectivity index (χ0v) is 14.7. The number of nitrogens with zero attached hydrogens (tertiary/aromatic N) is 4. The zero-order chi connectivity index (χ0) is 17.8. The summed E-state index contributed by atoms with van der Waals surface area (Å²) in [6.45, 7) is 4.19. The van der Waals surface area contributed by atoms with Crippen molar-refractivity contribution in [1.29, 1.82) is 0 Å². The van der Waals surface area contributed by atoms with Gasteiger partial charge in [0.2, 0.25) is 23.6 Å². The Labute approximate surface area is 147 Å². The van der Waals surface area contributed by atoms with E-state index in [9.17, 15) is 4.79 Å². The highest BCUT2D eigenvalue weighted by Gasteiger charge is 2.26. The minimum atomic E-state index is 0.0538. The summed E-state index contributed by atoms with van der Waals surface area (Å²) in [5, 5.41) is 0. The first-order valence-electron chi connectivity index (χ1n) is 8.14. The maximum atomic E-state index is 12.5. The average molecular weight is 342 g/mol. The molecule has 1 aliphatic rings. The quantitative estimate of drug-likeness (QED) is 0.823. The molecule has 1 aromatic carbocycles. The van der Waals surface area contributed by atoms with Crippen LogP contribution in [0.5, 0.6) is 11.8 Å². The van der Waals surface area contributed by atoms with Gasteiger partial charge in [-0.05, 0) is 12.5 Å². The fourth-order valence-corrected chi connectivity index (χ4v) is 2.82. The SMILES string of the molecule is COc1cc(OC)nc(N2CCN(Cc3cccc(C)c3)C(=O)C2)n1. The van der Waals surface area contributed by atoms with Crippen molar-refractivity contribution in [1.82, 2.24) is 14.9 Å². The van der Waals surface area contributed by atoms with Gasteiger partial charge in [0.1, 0.15) is 6.54 Å². The molecule has 1 amide bonds. The van der Waals surface area contributed by atoms with Gasteiger partial charge in [0.05, 0.1) is 20.3 Å². The van der Waals surface area contributed by atoms with E-state index in [1.165, 1.54) is 19.8 Å². The molecule has 0 atom stereocenters. The number of amides is 1. The number of hydrogen-bond donors (Lipinski definition) is 0. The van der Waals surface area contributed by atoms with Gasteiger partial charge < -0.3 is 19.3 Å². The van der Waals surface area contributed by atoms with Crippen LogP contribution < -0.4 is 14.4 Å². The molecule has 1 saturated heterocycles. The van der Waals surface area contributed by atoms with Crippen LogP contribution in [-0.2, 0) is 11.3 Å². The van der Waals surface area contributed by atoms with Crippen molar-refractivity contribution >= 4 is 11.9 Å². The molecule has 2 aromatic rings. The van der Waals surface area contributed by atoms with Gasteiger partial charge >= 0.3 is 0 Å². The molecule has 0 unspecified atom stereocenters. The number of anilines is 1. The van der Waals surface area contributed by atoms with Gasteiger partial charge in [-0.15, -0.1) is 0 Å². The largest absolute Gasteiger partial charge is 0.481 e. The average Bonchev–Trinajstić information content (AvgIpc) is 2.63. The summed E-state index contributed by atoms with van der Waals surface area (Å²) < 4.78 is 10.3. The van der Waals surface area contributed by atoms with E-state index in [2.05, 4.69) is 29.0 Å². The van der Waals surface area contributed by atoms with E-state index in [1.807, 2.05) is 21.9 Å². The topological polar surface area (TPSA) is 67.8 Å². The molecule has 132 valence electrons. The van der Waals surface area contributed by atoms with Gasteiger partial charge in [0.15, 0.2) is 0 Å². The molecule has 0 spiro atoms. The van der Waals surface area contributed by atoms with Crippen LogP contribution in [0.3, 0.4) is 0 Å². The van der Waals surface area contributed by atoms with E-state index >= 15 is 0 Å². The van der Waals surface area contributed by atoms with Gasteiger partial charge in [0, 0.05) is 19.6 Å². The number of aromatic nitrogens is 2. The van der Waals surface area contributed by atoms with E-state index in [0.717, 1.165) is 5.56 Å². The highest BCUT2D eigenvalue weighted by Crippen LogP contribution is 2.21. The van der Waals surface area contributed by atoms with Gasteiger partial charge in [-0.25, -0.2) is 0 Å². The molecule has 0 radical (unpaired) electrons. The van der Waals surface area contributed by atoms with E-state index in [1.54, 1.807) is 6.07 Å². The molecular formula is C18H22N4O3. The summed E-state index contributed by atoms with van der Waals surface area (Å²) in [4.78, 5) is 24.9. The number of methoxy groups -OCH3 is 2. The molecule has 3 rings (SSSR count). The molecule has 7 heteroatoms. The van der Waals surface area contributed by atoms with Crippen molar-refractivity contribution in [2.75, 3.05) is 38.8 Å². The second-order valence-electron chi connectivity index (χ2n) is 5.98. The van der Waals surface area contributed by atoms with Crippen LogP contribution in [0.25, 0.3) is 0 Å². The van der Waals surface area contributed by atoms with Crippen molar-refractivity contribution in [3.8, 4) is 11.8 Å². The van der Waals surface area contributed by atoms with Crippen LogP contribution in [0.4, 0.5) is 5.95 Å². The van der Waals surface area contributed by atoms with Crippen LogP contribution in [0.2, 0.25) is 0 Å². The van der Waals surface area contributed by atoms with E-state index in [-0.39, 0.29) is 12.5 Å². The third-order valence-electron chi connectivity index (χ3n) is 4.14. The summed E-state index contributed by atoms with van der Waals surface area (Å²) in [5.74, 6) is 1.32. The number of carbonyl (C=O) groups excluding carboxylic acids is 1. The second kappa shape index (κ2) is 7.38. The fourth-order valence-electron chi connectivity index (χ4n) is 2.82. The van der Waals surface area contributed by atoms with Crippen LogP contribution >= 0.6 is 0 Å². The summed E-state index contributed by atoms with van der Waals surface area (Å²) in [7, 11) is 3.08. The zero-order valence-electron chi connectivity index (χ0n) is 14.7. The number of ether oxygens (including phenoxy) is 2. The molecule has 1 aliphatic heterocycles. The molecule has 0 aliphatic carbocycles. The summed E-state index contributed by atoms with van der Waals surface area (Å²) in [6.07, 6.45) is 0. The fraction of sp³-hybridized carbons (Fsp3) is 0.389. The number of piperazine rings is 1. The lowest BCUT2D eigenvalue weighted by Gasteiger charge is -2.34. The van der Waals surface area contributed by atoms with Crippen molar-refractivity contribution in [3.05, 3.63) is 41.5 Å². The highest BCUT2D eigenvalue weighted by atomic mass is 16.5. The number of benzene rings is 1. The maximum absolute atomic E-state index is 12.5. The second-order valence-corrected chi connectivity index (χ2v) is 5.98. The van der Waals surface area contributed by atoms with Gasteiger partial charge in [-0.3, -0.25) is 4.79 Å². The Bertz CT molecular complexity index is 743. The summed E-state index contributed by atoms with van der Waals surface area (Å²) >= 11 is 0. The van der Waals surface area contributed by atoms with Gasteiger partial charge in [-0.2, -0.15) is 9.97 Å². The van der Waals surface area contributed by atoms with Gasteiger partial charge in [0.25, 0.3) is 0 Å². The number of rotatable bonds is 5. The molecular weight excluding hydrogens is 320 g/mol. The Morgan fingerprint density at radius 1 is 1.08 bits per heavy atom. The molecule has 1 aromatic heterocycles. The highest BCUT2D eigenvalue weighted by molar-refractivity contribution is 5.82. The van der Waals surface area contributed by atoms with Crippen molar-refractivity contribution in [2.45, 2.75) is 13.5 Å². The van der Waals surface area contributed by atoms with E-state index in [4.69, 9.17) is 9.47 Å². The van der Waals surface area contributed by atoms with Crippen LogP contribution in [-0.4, -0.2) is 54.6 Å². The number of carbonyl (C=O) groups is 1. The molecule has 7 nitrogen and oxygen atoms in total. The summed E-state index contributed by atoms with van der Waals surface area (Å²) in [5.41, 5.74) is 2.33. The standard InChI is InChI=1S/C18H22N4O3/c1-13-5-4-6-14(9-13)11-21-7-8-22(12-17(21)23)18-19-15(24-2)10-16(20-18)25-3/h4-6,9-10H,7-8,11-12H2,1-3H3. The molecule has 2 heterocycles. The minimum absolute atomic E-state index is 0.0538. The lowest BCUT2D eigenvalue weighted by atomic mass is 10.1. The van der Waals surface area contributed by atoms with E-state index in [0.29, 0.717) is 37.3 Å². The lowest BCUT2D eigenvalue weighted by Crippen LogP contribution is -2.50. The summed E-state index contributed by atoms with van der Waals surface area (Å²) in [6, 6.07) is 9.83. The van der Waals surface area contributed by atoms with Crippen molar-refractivity contribution in [2.24, 2.45) is 0 Å². The Morgan fingerprint density at radius 2 is 1.80 bits per heavy atom. The monoisotopic (exact) mass is 342 g/mol. The number of hydrogen-bond acceptors (Lipinski definition) is 6. The first kappa shape index (κ1) is 17.0. The third-order valence-corrected chi connectivity index (χ3v) is 4.14. The lowest BCUT2D eigenvalue weighted by molar-refractivity contribution is -0.131. The Balaban J connectivity index is 1.70. The molecule has 0 bridgehead atoms. The number of aryl methyl sites for hydroxylation is 1. The smallest absolute Gasteiger partial charge is 0.242 e. The Hall–Kier alpha value is -2.83. The molecule has 0 saturated carbocycles.